The molecule has 0 saturated heterocycles. The highest BCUT2D eigenvalue weighted by Crippen LogP contribution is 2.19. The van der Waals surface area contributed by atoms with Crippen molar-refractivity contribution in [2.75, 3.05) is 12.4 Å². The van der Waals surface area contributed by atoms with Crippen LogP contribution in [0.2, 0.25) is 0 Å². The lowest BCUT2D eigenvalue weighted by molar-refractivity contribution is -0.144. The van der Waals surface area contributed by atoms with Gasteiger partial charge in [-0.3, -0.25) is 4.79 Å². The summed E-state index contributed by atoms with van der Waals surface area (Å²) in [5.74, 6) is 1.18. The molecule has 0 radical (unpaired) electrons. The van der Waals surface area contributed by atoms with Crippen molar-refractivity contribution in [1.29, 1.82) is 0 Å². The lowest BCUT2D eigenvalue weighted by atomic mass is 10.2. The highest BCUT2D eigenvalue weighted by molar-refractivity contribution is 8.00. The van der Waals surface area contributed by atoms with Gasteiger partial charge in [-0.2, -0.15) is 0 Å². The van der Waals surface area contributed by atoms with E-state index in [9.17, 15) is 9.18 Å². The van der Waals surface area contributed by atoms with Crippen LogP contribution in [0.4, 0.5) is 4.39 Å². The summed E-state index contributed by atoms with van der Waals surface area (Å²) in [7, 11) is 0. The third-order valence-corrected chi connectivity index (χ3v) is 3.96. The minimum Gasteiger partial charge on any atom is -0.465 e. The zero-order valence-corrected chi connectivity index (χ0v) is 12.9. The van der Waals surface area contributed by atoms with Crippen molar-refractivity contribution in [3.8, 4) is 0 Å². The Balaban J connectivity index is 3.72. The summed E-state index contributed by atoms with van der Waals surface area (Å²) < 4.78 is 17.8. The second kappa shape index (κ2) is 10.7. The summed E-state index contributed by atoms with van der Waals surface area (Å²) in [5, 5.41) is -0.0634. The number of rotatable bonds is 10. The fourth-order valence-electron chi connectivity index (χ4n) is 1.45. The summed E-state index contributed by atoms with van der Waals surface area (Å²) in [4.78, 5) is 11.7. The maximum absolute atomic E-state index is 12.6. The molecular formula is C14H27FO2S. The Bertz CT molecular complexity index is 220. The van der Waals surface area contributed by atoms with Crippen molar-refractivity contribution < 1.29 is 13.9 Å². The largest absolute Gasteiger partial charge is 0.465 e. The summed E-state index contributed by atoms with van der Waals surface area (Å²) in [6.07, 6.45) is 2.55. The number of thioether (sulfide) groups is 1. The van der Waals surface area contributed by atoms with Crippen molar-refractivity contribution in [2.45, 2.75) is 64.8 Å². The Hall–Kier alpha value is -0.250. The number of carbonyl (C=O) groups is 1. The van der Waals surface area contributed by atoms with Crippen molar-refractivity contribution in [2.24, 2.45) is 5.92 Å². The first-order valence-corrected chi connectivity index (χ1v) is 7.94. The smallest absolute Gasteiger partial charge is 0.319 e. The highest BCUT2D eigenvalue weighted by Gasteiger charge is 2.18. The summed E-state index contributed by atoms with van der Waals surface area (Å²) >= 11 is 1.64. The molecule has 0 heterocycles. The monoisotopic (exact) mass is 278 g/mol. The molecule has 2 atom stereocenters. The first-order chi connectivity index (χ1) is 8.47. The molecule has 0 aliphatic rings. The first kappa shape index (κ1) is 17.8. The van der Waals surface area contributed by atoms with Crippen LogP contribution in [-0.2, 0) is 9.53 Å². The first-order valence-electron chi connectivity index (χ1n) is 6.89. The van der Waals surface area contributed by atoms with E-state index in [1.165, 1.54) is 0 Å². The fourth-order valence-corrected chi connectivity index (χ4v) is 2.54. The van der Waals surface area contributed by atoms with E-state index in [2.05, 4.69) is 0 Å². The quantitative estimate of drug-likeness (QED) is 0.442. The molecule has 4 heteroatoms. The second-order valence-corrected chi connectivity index (χ2v) is 6.38. The zero-order chi connectivity index (χ0) is 14.0. The number of hydrogen-bond donors (Lipinski definition) is 0. The molecule has 108 valence electrons. The van der Waals surface area contributed by atoms with E-state index >= 15 is 0 Å². The fraction of sp³-hybridized carbons (Fsp3) is 0.929. The predicted octanol–water partition coefficient (Wildman–Crippen LogP) is 4.23. The Morgan fingerprint density at radius 2 is 1.94 bits per heavy atom. The number of esters is 1. The van der Waals surface area contributed by atoms with Crippen molar-refractivity contribution in [1.82, 2.24) is 0 Å². The van der Waals surface area contributed by atoms with Crippen LogP contribution in [0.25, 0.3) is 0 Å². The summed E-state index contributed by atoms with van der Waals surface area (Å²) in [6.45, 7) is 8.14. The lowest BCUT2D eigenvalue weighted by Gasteiger charge is -2.15. The van der Waals surface area contributed by atoms with Crippen LogP contribution in [0.3, 0.4) is 0 Å². The van der Waals surface area contributed by atoms with Gasteiger partial charge in [-0.15, -0.1) is 11.8 Å². The van der Waals surface area contributed by atoms with Crippen molar-refractivity contribution in [3.05, 3.63) is 0 Å². The molecule has 0 aliphatic heterocycles. The molecule has 0 aromatic rings. The van der Waals surface area contributed by atoms with Crippen LogP contribution < -0.4 is 0 Å². The van der Waals surface area contributed by atoms with E-state index in [0.29, 0.717) is 18.9 Å². The zero-order valence-electron chi connectivity index (χ0n) is 12.1. The molecule has 0 N–H and O–H groups in total. The molecule has 0 aromatic heterocycles. The number of carbonyl (C=O) groups excluding carboxylic acids is 1. The summed E-state index contributed by atoms with van der Waals surface area (Å²) in [5.41, 5.74) is 0. The van der Waals surface area contributed by atoms with Gasteiger partial charge in [0.1, 0.15) is 5.25 Å². The Morgan fingerprint density at radius 3 is 2.44 bits per heavy atom. The molecule has 0 spiro atoms. The Kier molecular flexibility index (Phi) is 10.5. The molecule has 0 saturated carbocycles. The maximum atomic E-state index is 12.6. The van der Waals surface area contributed by atoms with E-state index in [-0.39, 0.29) is 11.2 Å². The molecule has 0 bridgehead atoms. The van der Waals surface area contributed by atoms with E-state index in [1.54, 1.807) is 18.7 Å². The van der Waals surface area contributed by atoms with Gasteiger partial charge in [0.2, 0.25) is 0 Å². The van der Waals surface area contributed by atoms with Crippen LogP contribution in [0.15, 0.2) is 0 Å². The van der Waals surface area contributed by atoms with Gasteiger partial charge >= 0.3 is 5.97 Å². The molecule has 0 aromatic carbocycles. The highest BCUT2D eigenvalue weighted by atomic mass is 32.2. The van der Waals surface area contributed by atoms with Crippen LogP contribution in [0.5, 0.6) is 0 Å². The van der Waals surface area contributed by atoms with E-state index in [0.717, 1.165) is 25.0 Å². The molecular weight excluding hydrogens is 251 g/mol. The molecule has 18 heavy (non-hydrogen) atoms. The van der Waals surface area contributed by atoms with Gasteiger partial charge in [0, 0.05) is 0 Å². The van der Waals surface area contributed by atoms with Crippen LogP contribution >= 0.6 is 11.8 Å². The Morgan fingerprint density at radius 1 is 1.28 bits per heavy atom. The standard InChI is InChI=1S/C14H27FO2S/c1-5-13(14(16)17-10-11(2)3)18-9-7-6-8-12(4)15/h11-13H,5-10H2,1-4H3. The number of ether oxygens (including phenoxy) is 1. The average molecular weight is 278 g/mol. The number of unbranched alkanes of at least 4 members (excludes halogenated alkanes) is 1. The maximum Gasteiger partial charge on any atom is 0.319 e. The van der Waals surface area contributed by atoms with Crippen LogP contribution in [0.1, 0.15) is 53.4 Å². The van der Waals surface area contributed by atoms with E-state index in [1.807, 2.05) is 20.8 Å². The Labute approximate surface area is 115 Å². The molecule has 2 nitrogen and oxygen atoms in total. The minimum atomic E-state index is -0.715. The summed E-state index contributed by atoms with van der Waals surface area (Å²) in [6, 6.07) is 0. The number of halogens is 1. The van der Waals surface area contributed by atoms with Gasteiger partial charge in [-0.1, -0.05) is 20.8 Å². The lowest BCUT2D eigenvalue weighted by Crippen LogP contribution is -2.22. The topological polar surface area (TPSA) is 26.3 Å². The van der Waals surface area contributed by atoms with Gasteiger partial charge in [0.25, 0.3) is 0 Å². The molecule has 0 rings (SSSR count). The normalized spacial score (nSPS) is 14.6. The molecule has 0 fully saturated rings. The van der Waals surface area contributed by atoms with Gasteiger partial charge in [0.15, 0.2) is 0 Å². The van der Waals surface area contributed by atoms with Crippen LogP contribution in [0, 0.1) is 5.92 Å². The van der Waals surface area contributed by atoms with Crippen LogP contribution in [-0.4, -0.2) is 29.8 Å². The minimum absolute atomic E-state index is 0.0634. The SMILES string of the molecule is CCC(SCCCCC(C)F)C(=O)OCC(C)C. The third kappa shape index (κ3) is 9.75. The molecule has 2 unspecified atom stereocenters. The number of alkyl halides is 1. The van der Waals surface area contributed by atoms with Gasteiger partial charge < -0.3 is 4.74 Å². The van der Waals surface area contributed by atoms with Crippen molar-refractivity contribution >= 4 is 17.7 Å². The van der Waals surface area contributed by atoms with E-state index in [4.69, 9.17) is 4.74 Å². The predicted molar refractivity (Wildman–Crippen MR) is 76.8 cm³/mol. The molecule has 0 aliphatic carbocycles. The van der Waals surface area contributed by atoms with Crippen molar-refractivity contribution in [3.63, 3.8) is 0 Å². The van der Waals surface area contributed by atoms with E-state index < -0.39 is 6.17 Å². The molecule has 0 amide bonds. The second-order valence-electron chi connectivity index (χ2n) is 5.07. The van der Waals surface area contributed by atoms with Gasteiger partial charge in [0.05, 0.1) is 12.8 Å². The third-order valence-electron chi connectivity index (χ3n) is 2.51. The van der Waals surface area contributed by atoms with Gasteiger partial charge in [-0.25, -0.2) is 4.39 Å². The van der Waals surface area contributed by atoms with Gasteiger partial charge in [-0.05, 0) is 44.3 Å². The average Bonchev–Trinajstić information content (AvgIpc) is 2.30. The number of hydrogen-bond acceptors (Lipinski definition) is 3.